The van der Waals surface area contributed by atoms with Gasteiger partial charge in [-0.1, -0.05) is 0 Å². The molecule has 0 saturated carbocycles. The summed E-state index contributed by atoms with van der Waals surface area (Å²) >= 11 is 0. The number of benzene rings is 1. The van der Waals surface area contributed by atoms with E-state index in [4.69, 9.17) is 23.7 Å². The van der Waals surface area contributed by atoms with Crippen LogP contribution in [0.4, 0.5) is 5.69 Å². The molecule has 1 N–H and O–H groups in total. The monoisotopic (exact) mass is 439 g/mol. The van der Waals surface area contributed by atoms with Gasteiger partial charge in [-0.2, -0.15) is 0 Å². The molecule has 0 aliphatic carbocycles. The fourth-order valence-corrected chi connectivity index (χ4v) is 2.47. The second-order valence-electron chi connectivity index (χ2n) is 6.27. The Balaban J connectivity index is 3.25. The van der Waals surface area contributed by atoms with Crippen molar-refractivity contribution >= 4 is 35.5 Å². The first-order valence-electron chi connectivity index (χ1n) is 9.13. The first-order chi connectivity index (χ1) is 14.5. The summed E-state index contributed by atoms with van der Waals surface area (Å²) in [6.45, 7) is 3.75. The molecule has 3 atom stereocenters. The highest BCUT2D eigenvalue weighted by molar-refractivity contribution is 5.96. The average molecular weight is 439 g/mol. The van der Waals surface area contributed by atoms with Crippen molar-refractivity contribution in [2.75, 3.05) is 19.0 Å². The van der Waals surface area contributed by atoms with Crippen molar-refractivity contribution in [3.8, 4) is 5.75 Å². The molecule has 1 rings (SSSR count). The Morgan fingerprint density at radius 1 is 0.806 bits per heavy atom. The molecule has 0 aromatic heterocycles. The zero-order valence-electron chi connectivity index (χ0n) is 17.8. The van der Waals surface area contributed by atoms with E-state index in [9.17, 15) is 24.0 Å². The lowest BCUT2D eigenvalue weighted by Gasteiger charge is -2.30. The van der Waals surface area contributed by atoms with Crippen molar-refractivity contribution in [2.45, 2.75) is 46.0 Å². The van der Waals surface area contributed by atoms with Gasteiger partial charge in [0, 0.05) is 33.4 Å². The van der Waals surface area contributed by atoms with Crippen LogP contribution in [0.2, 0.25) is 0 Å². The number of methoxy groups -OCH3 is 1. The fourth-order valence-electron chi connectivity index (χ4n) is 2.47. The number of hydrogen-bond donors (Lipinski definition) is 1. The highest BCUT2D eigenvalue weighted by atomic mass is 16.6. The van der Waals surface area contributed by atoms with Crippen LogP contribution in [0.5, 0.6) is 5.75 Å². The van der Waals surface area contributed by atoms with E-state index in [1.165, 1.54) is 19.2 Å². The minimum atomic E-state index is -1.72. The second kappa shape index (κ2) is 12.2. The van der Waals surface area contributed by atoms with Crippen LogP contribution < -0.4 is 10.1 Å². The van der Waals surface area contributed by atoms with Gasteiger partial charge in [-0.3, -0.25) is 24.0 Å². The molecule has 170 valence electrons. The Bertz CT molecular complexity index is 805. The highest BCUT2D eigenvalue weighted by Crippen LogP contribution is 2.19. The summed E-state index contributed by atoms with van der Waals surface area (Å²) in [6, 6.07) is 6.24. The molecule has 1 aromatic rings. The number of nitrogens with one attached hydrogen (secondary N) is 1. The molecule has 31 heavy (non-hydrogen) atoms. The fraction of sp³-hybridized carbons (Fsp3) is 0.450. The van der Waals surface area contributed by atoms with Crippen LogP contribution in [0.15, 0.2) is 24.3 Å². The molecular weight excluding hydrogens is 414 g/mol. The molecule has 11 nitrogen and oxygen atoms in total. The summed E-state index contributed by atoms with van der Waals surface area (Å²) in [7, 11) is 1.48. The summed E-state index contributed by atoms with van der Waals surface area (Å²) in [5.74, 6) is -3.53. The Hall–Kier alpha value is -3.63. The van der Waals surface area contributed by atoms with E-state index in [0.717, 1.165) is 27.7 Å². The van der Waals surface area contributed by atoms with Crippen molar-refractivity contribution in [2.24, 2.45) is 0 Å². The molecule has 0 radical (unpaired) electrons. The van der Waals surface area contributed by atoms with Gasteiger partial charge in [0.05, 0.1) is 7.11 Å². The summed E-state index contributed by atoms with van der Waals surface area (Å²) in [5, 5.41) is 2.51. The SMILES string of the molecule is COc1ccc(NC(=O)[C@@H](OC(C)=O)[C@@H](OC(C)=O)[C@@H](COC(C)=O)OC(C)=O)cc1. The van der Waals surface area contributed by atoms with E-state index in [-0.39, 0.29) is 0 Å². The van der Waals surface area contributed by atoms with Crippen LogP contribution >= 0.6 is 0 Å². The van der Waals surface area contributed by atoms with Gasteiger partial charge in [0.1, 0.15) is 12.4 Å². The molecule has 0 aliphatic rings. The van der Waals surface area contributed by atoms with Crippen molar-refractivity contribution in [1.29, 1.82) is 0 Å². The van der Waals surface area contributed by atoms with Crippen molar-refractivity contribution in [3.05, 3.63) is 24.3 Å². The maximum absolute atomic E-state index is 12.9. The lowest BCUT2D eigenvalue weighted by atomic mass is 10.1. The molecule has 0 aliphatic heterocycles. The maximum atomic E-state index is 12.9. The van der Waals surface area contributed by atoms with Crippen LogP contribution in [0.3, 0.4) is 0 Å². The lowest BCUT2D eigenvalue weighted by Crippen LogP contribution is -2.52. The third-order valence-corrected chi connectivity index (χ3v) is 3.64. The van der Waals surface area contributed by atoms with Gasteiger partial charge < -0.3 is 29.0 Å². The second-order valence-corrected chi connectivity index (χ2v) is 6.27. The number of esters is 4. The van der Waals surface area contributed by atoms with E-state index in [1.807, 2.05) is 0 Å². The number of hydrogen-bond acceptors (Lipinski definition) is 10. The summed E-state index contributed by atoms with van der Waals surface area (Å²) in [5.41, 5.74) is 0.327. The van der Waals surface area contributed by atoms with Gasteiger partial charge in [-0.15, -0.1) is 0 Å². The van der Waals surface area contributed by atoms with Crippen LogP contribution in [-0.4, -0.2) is 61.8 Å². The van der Waals surface area contributed by atoms with E-state index >= 15 is 0 Å². The first kappa shape index (κ1) is 25.4. The molecule has 0 fully saturated rings. The number of amides is 1. The molecule has 0 spiro atoms. The number of anilines is 1. The summed E-state index contributed by atoms with van der Waals surface area (Å²) in [6.07, 6.45) is -4.73. The standard InChI is InChI=1S/C20H25NO10/c1-11(22)28-10-17(29-12(2)23)18(30-13(3)24)19(31-14(4)25)20(26)21-15-6-8-16(27-5)9-7-15/h6-9,17-19H,10H2,1-5H3,(H,21,26)/t17-,18+,19+/m1/s1. The van der Waals surface area contributed by atoms with Gasteiger partial charge in [-0.25, -0.2) is 0 Å². The average Bonchev–Trinajstić information content (AvgIpc) is 2.67. The van der Waals surface area contributed by atoms with E-state index in [0.29, 0.717) is 11.4 Å². The minimum Gasteiger partial charge on any atom is -0.497 e. The van der Waals surface area contributed by atoms with Gasteiger partial charge in [0.25, 0.3) is 5.91 Å². The Labute approximate surface area is 178 Å². The van der Waals surface area contributed by atoms with Crippen molar-refractivity contribution in [3.63, 3.8) is 0 Å². The van der Waals surface area contributed by atoms with Crippen molar-refractivity contribution in [1.82, 2.24) is 0 Å². The highest BCUT2D eigenvalue weighted by Gasteiger charge is 2.42. The molecular formula is C20H25NO10. The van der Waals surface area contributed by atoms with Gasteiger partial charge in [-0.05, 0) is 24.3 Å². The third kappa shape index (κ3) is 9.15. The Morgan fingerprint density at radius 3 is 1.81 bits per heavy atom. The molecule has 0 bridgehead atoms. The Kier molecular flexibility index (Phi) is 9.96. The zero-order chi connectivity index (χ0) is 23.6. The normalized spacial score (nSPS) is 13.1. The van der Waals surface area contributed by atoms with Gasteiger partial charge in [0.15, 0.2) is 12.2 Å². The van der Waals surface area contributed by atoms with E-state index in [2.05, 4.69) is 5.32 Å². The lowest BCUT2D eigenvalue weighted by molar-refractivity contribution is -0.190. The Morgan fingerprint density at radius 2 is 1.35 bits per heavy atom. The molecule has 1 amide bonds. The van der Waals surface area contributed by atoms with Crippen LogP contribution in [0, 0.1) is 0 Å². The number of rotatable bonds is 10. The topological polar surface area (TPSA) is 144 Å². The van der Waals surface area contributed by atoms with Gasteiger partial charge >= 0.3 is 23.9 Å². The largest absolute Gasteiger partial charge is 0.497 e. The molecule has 0 heterocycles. The minimum absolute atomic E-state index is 0.327. The zero-order valence-corrected chi connectivity index (χ0v) is 17.8. The molecule has 1 aromatic carbocycles. The first-order valence-corrected chi connectivity index (χ1v) is 9.13. The van der Waals surface area contributed by atoms with Gasteiger partial charge in [0.2, 0.25) is 6.10 Å². The summed E-state index contributed by atoms with van der Waals surface area (Å²) in [4.78, 5) is 58.9. The van der Waals surface area contributed by atoms with Crippen LogP contribution in [0.25, 0.3) is 0 Å². The summed E-state index contributed by atoms with van der Waals surface area (Å²) < 4.78 is 25.2. The number of ether oxygens (including phenoxy) is 5. The van der Waals surface area contributed by atoms with E-state index in [1.54, 1.807) is 12.1 Å². The predicted molar refractivity (Wildman–Crippen MR) is 105 cm³/mol. The van der Waals surface area contributed by atoms with E-state index < -0.39 is 54.7 Å². The predicted octanol–water partition coefficient (Wildman–Crippen LogP) is 0.992. The molecule has 0 unspecified atom stereocenters. The quantitative estimate of drug-likeness (QED) is 0.414. The van der Waals surface area contributed by atoms with Crippen LogP contribution in [-0.2, 0) is 42.9 Å². The van der Waals surface area contributed by atoms with Crippen molar-refractivity contribution < 1.29 is 47.7 Å². The maximum Gasteiger partial charge on any atom is 0.303 e. The van der Waals surface area contributed by atoms with Crippen LogP contribution in [0.1, 0.15) is 27.7 Å². The smallest absolute Gasteiger partial charge is 0.303 e. The molecule has 11 heteroatoms. The number of carbonyl (C=O) groups is 5. The number of carbonyl (C=O) groups excluding carboxylic acids is 5. The third-order valence-electron chi connectivity index (χ3n) is 3.64. The molecule has 0 saturated heterocycles.